The summed E-state index contributed by atoms with van der Waals surface area (Å²) in [5, 5.41) is 1.05. The molecule has 0 N–H and O–H groups in total. The fourth-order valence-corrected chi connectivity index (χ4v) is 6.50. The highest BCUT2D eigenvalue weighted by molar-refractivity contribution is 7.99. The van der Waals surface area contributed by atoms with E-state index in [2.05, 4.69) is 23.1 Å². The van der Waals surface area contributed by atoms with Crippen molar-refractivity contribution in [2.75, 3.05) is 33.4 Å². The maximum absolute atomic E-state index is 14.0. The molecular formula is C30H30N2O3S. The van der Waals surface area contributed by atoms with Crippen molar-refractivity contribution < 1.29 is 14.3 Å². The highest BCUT2D eigenvalue weighted by Gasteiger charge is 2.28. The minimum atomic E-state index is -0.0383. The topological polar surface area (TPSA) is 43.7 Å². The lowest BCUT2D eigenvalue weighted by Crippen LogP contribution is -2.33. The molecule has 0 aliphatic carbocycles. The molecule has 36 heavy (non-hydrogen) atoms. The minimum absolute atomic E-state index is 0.0383. The quantitative estimate of drug-likeness (QED) is 0.305. The van der Waals surface area contributed by atoms with Gasteiger partial charge in [0.25, 0.3) is 5.91 Å². The second-order valence-electron chi connectivity index (χ2n) is 9.42. The number of ether oxygens (including phenoxy) is 2. The second-order valence-corrected chi connectivity index (χ2v) is 10.4. The van der Waals surface area contributed by atoms with Crippen molar-refractivity contribution in [2.24, 2.45) is 0 Å². The van der Waals surface area contributed by atoms with Gasteiger partial charge in [-0.2, -0.15) is 0 Å². The molecule has 6 heteroatoms. The molecule has 0 unspecified atom stereocenters. The highest BCUT2D eigenvalue weighted by atomic mass is 32.2. The van der Waals surface area contributed by atoms with Crippen LogP contribution in [0.5, 0.6) is 11.5 Å². The Kier molecular flexibility index (Phi) is 6.46. The third-order valence-electron chi connectivity index (χ3n) is 7.20. The van der Waals surface area contributed by atoms with E-state index < -0.39 is 0 Å². The summed E-state index contributed by atoms with van der Waals surface area (Å²) < 4.78 is 13.4. The first kappa shape index (κ1) is 23.2. The second kappa shape index (κ2) is 10.0. The van der Waals surface area contributed by atoms with Gasteiger partial charge < -0.3 is 9.47 Å². The first-order valence-electron chi connectivity index (χ1n) is 12.7. The van der Waals surface area contributed by atoms with Crippen molar-refractivity contribution in [3.63, 3.8) is 0 Å². The largest absolute Gasteiger partial charge is 0.497 e. The van der Waals surface area contributed by atoms with Crippen molar-refractivity contribution in [3.05, 3.63) is 77.9 Å². The van der Waals surface area contributed by atoms with Crippen LogP contribution in [0.1, 0.15) is 35.2 Å². The SMILES string of the molecule is COc1ccc2c(c1)c1c(n2C(=O)c2ccc(OCCN3CCCCC3)cc2)-c2ccccc2CS1. The molecule has 184 valence electrons. The van der Waals surface area contributed by atoms with Gasteiger partial charge in [0.1, 0.15) is 18.1 Å². The van der Waals surface area contributed by atoms with Gasteiger partial charge in [0.15, 0.2) is 0 Å². The first-order valence-corrected chi connectivity index (χ1v) is 13.6. The van der Waals surface area contributed by atoms with Crippen LogP contribution in [0.3, 0.4) is 0 Å². The van der Waals surface area contributed by atoms with E-state index >= 15 is 0 Å². The van der Waals surface area contributed by atoms with E-state index in [1.807, 2.05) is 53.1 Å². The smallest absolute Gasteiger partial charge is 0.262 e. The van der Waals surface area contributed by atoms with Gasteiger partial charge in [0.05, 0.1) is 18.3 Å². The van der Waals surface area contributed by atoms with Crippen molar-refractivity contribution in [3.8, 4) is 22.8 Å². The van der Waals surface area contributed by atoms with Crippen LogP contribution in [0.25, 0.3) is 22.2 Å². The molecular weight excluding hydrogens is 468 g/mol. The first-order chi connectivity index (χ1) is 17.7. The maximum atomic E-state index is 14.0. The number of hydrogen-bond donors (Lipinski definition) is 0. The molecule has 3 aromatic carbocycles. The van der Waals surface area contributed by atoms with Crippen molar-refractivity contribution in [1.29, 1.82) is 0 Å². The maximum Gasteiger partial charge on any atom is 0.262 e. The normalized spacial score (nSPS) is 15.4. The van der Waals surface area contributed by atoms with Crippen LogP contribution in [-0.2, 0) is 5.75 Å². The zero-order valence-electron chi connectivity index (χ0n) is 20.5. The van der Waals surface area contributed by atoms with Crippen molar-refractivity contribution in [1.82, 2.24) is 9.47 Å². The number of rotatable bonds is 6. The number of nitrogens with zero attached hydrogens (tertiary/aromatic N) is 2. The van der Waals surface area contributed by atoms with Crippen LogP contribution >= 0.6 is 11.8 Å². The molecule has 0 saturated carbocycles. The summed E-state index contributed by atoms with van der Waals surface area (Å²) in [6, 6.07) is 21.9. The van der Waals surface area contributed by atoms with Crippen LogP contribution in [0.15, 0.2) is 71.6 Å². The Morgan fingerprint density at radius 2 is 1.72 bits per heavy atom. The van der Waals surface area contributed by atoms with Gasteiger partial charge in [0.2, 0.25) is 0 Å². The summed E-state index contributed by atoms with van der Waals surface area (Å²) in [7, 11) is 1.67. The average Bonchev–Trinajstić information content (AvgIpc) is 3.27. The van der Waals surface area contributed by atoms with E-state index in [4.69, 9.17) is 9.47 Å². The number of carbonyl (C=O) groups excluding carboxylic acids is 1. The Labute approximate surface area is 216 Å². The van der Waals surface area contributed by atoms with Gasteiger partial charge in [-0.15, -0.1) is 11.8 Å². The molecule has 1 saturated heterocycles. The molecule has 1 fully saturated rings. The zero-order chi connectivity index (χ0) is 24.5. The van der Waals surface area contributed by atoms with Crippen LogP contribution in [0.2, 0.25) is 0 Å². The Morgan fingerprint density at radius 3 is 2.53 bits per heavy atom. The lowest BCUT2D eigenvalue weighted by Gasteiger charge is -2.26. The molecule has 0 amide bonds. The van der Waals surface area contributed by atoms with Gasteiger partial charge in [0, 0.05) is 33.7 Å². The van der Waals surface area contributed by atoms with Gasteiger partial charge in [-0.25, -0.2) is 0 Å². The fourth-order valence-electron chi connectivity index (χ4n) is 5.29. The van der Waals surface area contributed by atoms with Gasteiger partial charge in [-0.1, -0.05) is 30.7 Å². The Morgan fingerprint density at radius 1 is 0.944 bits per heavy atom. The minimum Gasteiger partial charge on any atom is -0.497 e. The monoisotopic (exact) mass is 498 g/mol. The summed E-state index contributed by atoms with van der Waals surface area (Å²) in [6.45, 7) is 3.94. The van der Waals surface area contributed by atoms with Crippen LogP contribution in [0.4, 0.5) is 0 Å². The number of thioether (sulfide) groups is 1. The molecule has 0 spiro atoms. The van der Waals surface area contributed by atoms with E-state index in [-0.39, 0.29) is 5.91 Å². The predicted octanol–water partition coefficient (Wildman–Crippen LogP) is 6.48. The lowest BCUT2D eigenvalue weighted by molar-refractivity contribution is 0.0966. The van der Waals surface area contributed by atoms with Gasteiger partial charge in [-0.05, 0) is 74.0 Å². The molecule has 0 bridgehead atoms. The number of likely N-dealkylation sites (tertiary alicyclic amines) is 1. The standard InChI is InChI=1S/C30H30N2O3S/c1-34-24-13-14-27-26(19-24)29-28(25-8-4-3-7-22(25)20-36-29)32(27)30(33)21-9-11-23(12-10-21)35-18-17-31-15-5-2-6-16-31/h3-4,7-14,19H,2,5-6,15-18,20H2,1H3. The molecule has 2 aliphatic heterocycles. The van der Waals surface area contributed by atoms with E-state index in [0.717, 1.165) is 50.9 Å². The van der Waals surface area contributed by atoms with Crippen molar-refractivity contribution >= 4 is 28.6 Å². The zero-order valence-corrected chi connectivity index (χ0v) is 21.4. The molecule has 3 heterocycles. The summed E-state index contributed by atoms with van der Waals surface area (Å²) in [6.07, 6.45) is 3.90. The van der Waals surface area contributed by atoms with E-state index in [9.17, 15) is 4.79 Å². The van der Waals surface area contributed by atoms with Gasteiger partial charge in [-0.3, -0.25) is 14.3 Å². The molecule has 0 atom stereocenters. The number of piperidine rings is 1. The van der Waals surface area contributed by atoms with Crippen LogP contribution in [-0.4, -0.2) is 48.7 Å². The third kappa shape index (κ3) is 4.29. The molecule has 0 radical (unpaired) electrons. The molecule has 6 rings (SSSR count). The highest BCUT2D eigenvalue weighted by Crippen LogP contribution is 2.48. The number of carbonyl (C=O) groups is 1. The summed E-state index contributed by atoms with van der Waals surface area (Å²) in [5.41, 5.74) is 4.87. The molecule has 5 nitrogen and oxygen atoms in total. The summed E-state index contributed by atoms with van der Waals surface area (Å²) in [5.74, 6) is 2.44. The predicted molar refractivity (Wildman–Crippen MR) is 145 cm³/mol. The average molecular weight is 499 g/mol. The molecule has 4 aromatic rings. The number of methoxy groups -OCH3 is 1. The number of hydrogen-bond acceptors (Lipinski definition) is 5. The Balaban J connectivity index is 1.31. The van der Waals surface area contributed by atoms with Crippen LogP contribution in [0, 0.1) is 0 Å². The van der Waals surface area contributed by atoms with Crippen molar-refractivity contribution in [2.45, 2.75) is 29.9 Å². The number of benzene rings is 3. The van der Waals surface area contributed by atoms with E-state index in [0.29, 0.717) is 12.2 Å². The molecule has 1 aromatic heterocycles. The summed E-state index contributed by atoms with van der Waals surface area (Å²) >= 11 is 1.78. The number of aromatic nitrogens is 1. The lowest BCUT2D eigenvalue weighted by atomic mass is 10.0. The van der Waals surface area contributed by atoms with E-state index in [1.165, 1.54) is 37.9 Å². The fraction of sp³-hybridized carbons (Fsp3) is 0.300. The summed E-state index contributed by atoms with van der Waals surface area (Å²) in [4.78, 5) is 17.6. The Bertz CT molecular complexity index is 1400. The van der Waals surface area contributed by atoms with Gasteiger partial charge >= 0.3 is 0 Å². The van der Waals surface area contributed by atoms with Crippen LogP contribution < -0.4 is 9.47 Å². The Hall–Kier alpha value is -3.22. The molecule has 2 aliphatic rings. The van der Waals surface area contributed by atoms with E-state index in [1.54, 1.807) is 18.9 Å². The number of fused-ring (bicyclic) bond motifs is 5. The third-order valence-corrected chi connectivity index (χ3v) is 8.36.